The topological polar surface area (TPSA) is 67.2 Å². The molecule has 1 rings (SSSR count). The molecule has 0 aliphatic carbocycles. The standard InChI is InChI=1S/C11H19N3O2S/c1-8(2)4-12-10(16)7-17-11-13-5-9(6-15)14(11)3/h5,8,15H,4,6-7H2,1-3H3,(H,12,16). The molecule has 0 spiro atoms. The number of amides is 1. The molecular formula is C11H19N3O2S. The molecule has 1 aromatic heterocycles. The van der Waals surface area contributed by atoms with Gasteiger partial charge in [0.25, 0.3) is 0 Å². The monoisotopic (exact) mass is 257 g/mol. The molecule has 1 amide bonds. The van der Waals surface area contributed by atoms with Crippen molar-refractivity contribution in [1.82, 2.24) is 14.9 Å². The van der Waals surface area contributed by atoms with Crippen LogP contribution < -0.4 is 5.32 Å². The number of hydrogen-bond acceptors (Lipinski definition) is 4. The average Bonchev–Trinajstić information content (AvgIpc) is 2.64. The molecule has 17 heavy (non-hydrogen) atoms. The lowest BCUT2D eigenvalue weighted by Crippen LogP contribution is -2.28. The van der Waals surface area contributed by atoms with Crippen LogP contribution in [-0.2, 0) is 18.4 Å². The molecule has 0 saturated heterocycles. The van der Waals surface area contributed by atoms with Crippen molar-refractivity contribution in [3.63, 3.8) is 0 Å². The summed E-state index contributed by atoms with van der Waals surface area (Å²) < 4.78 is 1.79. The maximum atomic E-state index is 11.5. The van der Waals surface area contributed by atoms with Crippen molar-refractivity contribution in [2.75, 3.05) is 12.3 Å². The van der Waals surface area contributed by atoms with E-state index >= 15 is 0 Å². The van der Waals surface area contributed by atoms with E-state index in [4.69, 9.17) is 5.11 Å². The first-order valence-electron chi connectivity index (χ1n) is 5.55. The van der Waals surface area contributed by atoms with Crippen molar-refractivity contribution < 1.29 is 9.90 Å². The lowest BCUT2D eigenvalue weighted by molar-refractivity contribution is -0.118. The highest BCUT2D eigenvalue weighted by Gasteiger charge is 2.09. The highest BCUT2D eigenvalue weighted by Crippen LogP contribution is 2.16. The Hall–Kier alpha value is -1.01. The fourth-order valence-electron chi connectivity index (χ4n) is 1.21. The summed E-state index contributed by atoms with van der Waals surface area (Å²) in [7, 11) is 1.83. The number of carbonyl (C=O) groups excluding carboxylic acids is 1. The van der Waals surface area contributed by atoms with Crippen molar-refractivity contribution in [3.05, 3.63) is 11.9 Å². The van der Waals surface area contributed by atoms with E-state index in [1.54, 1.807) is 10.8 Å². The van der Waals surface area contributed by atoms with Crippen LogP contribution in [0.4, 0.5) is 0 Å². The zero-order valence-electron chi connectivity index (χ0n) is 10.4. The Bertz CT molecular complexity index is 377. The van der Waals surface area contributed by atoms with Crippen molar-refractivity contribution in [2.45, 2.75) is 25.6 Å². The second-order valence-corrected chi connectivity index (χ2v) is 5.18. The molecule has 0 aliphatic rings. The number of nitrogens with one attached hydrogen (secondary N) is 1. The second kappa shape index (κ2) is 6.66. The van der Waals surface area contributed by atoms with Crippen LogP contribution in [0.5, 0.6) is 0 Å². The number of nitrogens with zero attached hydrogens (tertiary/aromatic N) is 2. The highest BCUT2D eigenvalue weighted by molar-refractivity contribution is 7.99. The Kier molecular flexibility index (Phi) is 5.50. The molecule has 6 heteroatoms. The summed E-state index contributed by atoms with van der Waals surface area (Å²) in [6.07, 6.45) is 1.62. The van der Waals surface area contributed by atoms with Gasteiger partial charge in [-0.3, -0.25) is 4.79 Å². The van der Waals surface area contributed by atoms with Gasteiger partial charge in [-0.15, -0.1) is 0 Å². The maximum Gasteiger partial charge on any atom is 0.230 e. The first-order valence-corrected chi connectivity index (χ1v) is 6.54. The van der Waals surface area contributed by atoms with E-state index in [1.165, 1.54) is 11.8 Å². The van der Waals surface area contributed by atoms with Crippen molar-refractivity contribution in [2.24, 2.45) is 13.0 Å². The molecule has 2 N–H and O–H groups in total. The molecule has 0 unspecified atom stereocenters. The summed E-state index contributed by atoms with van der Waals surface area (Å²) >= 11 is 1.37. The normalized spacial score (nSPS) is 10.9. The van der Waals surface area contributed by atoms with E-state index in [0.29, 0.717) is 18.2 Å². The first kappa shape index (κ1) is 14.1. The minimum atomic E-state index is -0.0381. The second-order valence-electron chi connectivity index (χ2n) is 4.24. The third kappa shape index (κ3) is 4.40. The van der Waals surface area contributed by atoms with Gasteiger partial charge in [-0.25, -0.2) is 4.98 Å². The van der Waals surface area contributed by atoms with Gasteiger partial charge in [-0.05, 0) is 5.92 Å². The molecular weight excluding hydrogens is 238 g/mol. The summed E-state index contributed by atoms with van der Waals surface area (Å²) in [4.78, 5) is 15.6. The van der Waals surface area contributed by atoms with Gasteiger partial charge >= 0.3 is 0 Å². The Morgan fingerprint density at radius 2 is 2.35 bits per heavy atom. The predicted octanol–water partition coefficient (Wildman–Crippen LogP) is 0.777. The Labute approximate surface area is 106 Å². The zero-order chi connectivity index (χ0) is 12.8. The summed E-state index contributed by atoms with van der Waals surface area (Å²) in [6, 6.07) is 0. The number of thioether (sulfide) groups is 1. The van der Waals surface area contributed by atoms with Gasteiger partial charge in [0.1, 0.15) is 0 Å². The minimum absolute atomic E-state index is 0.0113. The first-order chi connectivity index (χ1) is 8.04. The van der Waals surface area contributed by atoms with E-state index < -0.39 is 0 Å². The van der Waals surface area contributed by atoms with E-state index in [2.05, 4.69) is 24.1 Å². The number of aromatic nitrogens is 2. The van der Waals surface area contributed by atoms with Crippen LogP contribution in [0.25, 0.3) is 0 Å². The Morgan fingerprint density at radius 1 is 1.65 bits per heavy atom. The summed E-state index contributed by atoms with van der Waals surface area (Å²) in [5, 5.41) is 12.6. The predicted molar refractivity (Wildman–Crippen MR) is 67.7 cm³/mol. The summed E-state index contributed by atoms with van der Waals surface area (Å²) in [6.45, 7) is 4.77. The van der Waals surface area contributed by atoms with Gasteiger partial charge in [0.2, 0.25) is 5.91 Å². The fraction of sp³-hybridized carbons (Fsp3) is 0.636. The molecule has 1 aromatic rings. The Morgan fingerprint density at radius 3 is 2.88 bits per heavy atom. The minimum Gasteiger partial charge on any atom is -0.390 e. The van der Waals surface area contributed by atoms with Gasteiger partial charge in [0.05, 0.1) is 24.3 Å². The number of rotatable bonds is 6. The van der Waals surface area contributed by atoms with Crippen molar-refractivity contribution in [3.8, 4) is 0 Å². The van der Waals surface area contributed by atoms with Crippen LogP contribution >= 0.6 is 11.8 Å². The van der Waals surface area contributed by atoms with Crippen LogP contribution in [0.1, 0.15) is 19.5 Å². The number of aliphatic hydroxyl groups excluding tert-OH is 1. The highest BCUT2D eigenvalue weighted by atomic mass is 32.2. The van der Waals surface area contributed by atoms with Crippen LogP contribution in [0.2, 0.25) is 0 Å². The molecule has 0 saturated carbocycles. The van der Waals surface area contributed by atoms with E-state index in [1.807, 2.05) is 7.05 Å². The SMILES string of the molecule is CC(C)CNC(=O)CSc1ncc(CO)n1C. The molecule has 1 heterocycles. The van der Waals surface area contributed by atoms with Gasteiger partial charge in [-0.1, -0.05) is 25.6 Å². The molecule has 0 fully saturated rings. The van der Waals surface area contributed by atoms with E-state index in [-0.39, 0.29) is 12.5 Å². The third-order valence-electron chi connectivity index (χ3n) is 2.24. The van der Waals surface area contributed by atoms with Gasteiger partial charge in [0.15, 0.2) is 5.16 Å². The van der Waals surface area contributed by atoms with Gasteiger partial charge in [-0.2, -0.15) is 0 Å². The molecule has 96 valence electrons. The lowest BCUT2D eigenvalue weighted by Gasteiger charge is -2.07. The molecule has 0 bridgehead atoms. The van der Waals surface area contributed by atoms with E-state index in [0.717, 1.165) is 10.9 Å². The van der Waals surface area contributed by atoms with Gasteiger partial charge in [0, 0.05) is 13.6 Å². The molecule has 0 aromatic carbocycles. The number of hydrogen-bond donors (Lipinski definition) is 2. The van der Waals surface area contributed by atoms with Crippen LogP contribution in [0.15, 0.2) is 11.4 Å². The average molecular weight is 257 g/mol. The van der Waals surface area contributed by atoms with Crippen LogP contribution in [-0.4, -0.2) is 32.9 Å². The van der Waals surface area contributed by atoms with Crippen molar-refractivity contribution in [1.29, 1.82) is 0 Å². The maximum absolute atomic E-state index is 11.5. The third-order valence-corrected chi connectivity index (χ3v) is 3.29. The zero-order valence-corrected chi connectivity index (χ0v) is 11.3. The fourth-order valence-corrected chi connectivity index (χ4v) is 2.01. The Balaban J connectivity index is 2.39. The van der Waals surface area contributed by atoms with Crippen LogP contribution in [0.3, 0.4) is 0 Å². The number of aliphatic hydroxyl groups is 1. The molecule has 0 radical (unpaired) electrons. The molecule has 0 aliphatic heterocycles. The lowest BCUT2D eigenvalue weighted by atomic mass is 10.2. The largest absolute Gasteiger partial charge is 0.390 e. The smallest absolute Gasteiger partial charge is 0.230 e. The molecule has 5 nitrogen and oxygen atoms in total. The molecule has 0 atom stereocenters. The van der Waals surface area contributed by atoms with E-state index in [9.17, 15) is 4.79 Å². The number of carbonyl (C=O) groups is 1. The summed E-state index contributed by atoms with van der Waals surface area (Å²) in [5.41, 5.74) is 0.745. The summed E-state index contributed by atoms with van der Waals surface area (Å²) in [5.74, 6) is 0.818. The number of imidazole rings is 1. The quantitative estimate of drug-likeness (QED) is 0.739. The van der Waals surface area contributed by atoms with Gasteiger partial charge < -0.3 is 15.0 Å². The van der Waals surface area contributed by atoms with Crippen molar-refractivity contribution >= 4 is 17.7 Å². The van der Waals surface area contributed by atoms with Crippen LogP contribution in [0, 0.1) is 5.92 Å².